The summed E-state index contributed by atoms with van der Waals surface area (Å²) >= 11 is 0. The summed E-state index contributed by atoms with van der Waals surface area (Å²) in [6, 6.07) is 10.5. The Morgan fingerprint density at radius 2 is 2.11 bits per heavy atom. The van der Waals surface area contributed by atoms with Crippen LogP contribution in [0.5, 0.6) is 0 Å². The third-order valence-corrected chi connectivity index (χ3v) is 3.23. The molecule has 0 saturated heterocycles. The third-order valence-electron chi connectivity index (χ3n) is 3.23. The van der Waals surface area contributed by atoms with Crippen LogP contribution < -0.4 is 5.73 Å². The van der Waals surface area contributed by atoms with E-state index >= 15 is 0 Å². The van der Waals surface area contributed by atoms with Gasteiger partial charge in [-0.05, 0) is 18.4 Å². The van der Waals surface area contributed by atoms with Gasteiger partial charge in [-0.3, -0.25) is 4.99 Å². The van der Waals surface area contributed by atoms with Crippen molar-refractivity contribution in [2.45, 2.75) is 31.4 Å². The van der Waals surface area contributed by atoms with Gasteiger partial charge in [0, 0.05) is 19.5 Å². The van der Waals surface area contributed by atoms with Gasteiger partial charge in [-0.15, -0.1) is 0 Å². The van der Waals surface area contributed by atoms with Crippen molar-refractivity contribution in [3.63, 3.8) is 0 Å². The van der Waals surface area contributed by atoms with Crippen LogP contribution in [0.3, 0.4) is 0 Å². The number of hydrogen-bond acceptors (Lipinski definition) is 2. The molecule has 98 valence electrons. The summed E-state index contributed by atoms with van der Waals surface area (Å²) in [5.41, 5.74) is 6.98. The van der Waals surface area contributed by atoms with Gasteiger partial charge in [0.05, 0.1) is 12.6 Å². The number of nitrogens with zero attached hydrogens (tertiary/aromatic N) is 2. The first-order chi connectivity index (χ1) is 8.66. The molecule has 0 aliphatic heterocycles. The maximum atomic E-state index is 9.91. The second-order valence-corrected chi connectivity index (χ2v) is 4.88. The summed E-state index contributed by atoms with van der Waals surface area (Å²) in [4.78, 5) is 6.25. The average molecular weight is 247 g/mol. The first kappa shape index (κ1) is 12.9. The van der Waals surface area contributed by atoms with Crippen LogP contribution >= 0.6 is 0 Å². The second kappa shape index (κ2) is 5.87. The quantitative estimate of drug-likeness (QED) is 0.603. The Morgan fingerprint density at radius 3 is 2.72 bits per heavy atom. The predicted molar refractivity (Wildman–Crippen MR) is 73.4 cm³/mol. The van der Waals surface area contributed by atoms with Crippen molar-refractivity contribution in [2.75, 3.05) is 13.6 Å². The number of aliphatic hydroxyl groups excluding tert-OH is 1. The minimum Gasteiger partial charge on any atom is -0.391 e. The highest BCUT2D eigenvalue weighted by molar-refractivity contribution is 5.78. The molecule has 2 rings (SSSR count). The highest BCUT2D eigenvalue weighted by Gasteiger charge is 2.27. The van der Waals surface area contributed by atoms with E-state index in [4.69, 9.17) is 5.73 Å². The minimum atomic E-state index is -0.474. The maximum Gasteiger partial charge on any atom is 0.191 e. The normalized spacial score (nSPS) is 17.6. The van der Waals surface area contributed by atoms with Crippen LogP contribution in [-0.2, 0) is 6.42 Å². The van der Waals surface area contributed by atoms with Crippen molar-refractivity contribution in [1.29, 1.82) is 0 Å². The predicted octanol–water partition coefficient (Wildman–Crippen LogP) is 0.999. The molecule has 0 aromatic heterocycles. The number of hydrogen-bond donors (Lipinski definition) is 2. The zero-order valence-corrected chi connectivity index (χ0v) is 10.8. The van der Waals surface area contributed by atoms with Gasteiger partial charge in [0.15, 0.2) is 5.96 Å². The number of aliphatic hydroxyl groups is 1. The molecule has 4 nitrogen and oxygen atoms in total. The Labute approximate surface area is 108 Å². The highest BCUT2D eigenvalue weighted by atomic mass is 16.3. The summed E-state index contributed by atoms with van der Waals surface area (Å²) in [6.07, 6.45) is 2.53. The zero-order valence-electron chi connectivity index (χ0n) is 10.8. The van der Waals surface area contributed by atoms with E-state index < -0.39 is 6.10 Å². The highest BCUT2D eigenvalue weighted by Crippen LogP contribution is 2.24. The van der Waals surface area contributed by atoms with Crippen molar-refractivity contribution >= 4 is 5.96 Å². The van der Waals surface area contributed by atoms with Gasteiger partial charge in [-0.1, -0.05) is 30.3 Å². The number of benzene rings is 1. The largest absolute Gasteiger partial charge is 0.391 e. The monoisotopic (exact) mass is 247 g/mol. The molecule has 1 aliphatic rings. The molecule has 4 heteroatoms. The molecule has 0 heterocycles. The second-order valence-electron chi connectivity index (χ2n) is 4.88. The maximum absolute atomic E-state index is 9.91. The van der Waals surface area contributed by atoms with E-state index in [2.05, 4.69) is 4.99 Å². The summed E-state index contributed by atoms with van der Waals surface area (Å²) in [7, 11) is 1.96. The van der Waals surface area contributed by atoms with Crippen LogP contribution in [0.25, 0.3) is 0 Å². The standard InChI is InChI=1S/C14H21N3O/c1-17(12-7-8-12)14(15)16-10-13(18)9-11-5-3-2-4-6-11/h2-6,12-13,18H,7-10H2,1H3,(H2,15,16). The van der Waals surface area contributed by atoms with E-state index in [9.17, 15) is 5.11 Å². The molecule has 1 fully saturated rings. The fourth-order valence-electron chi connectivity index (χ4n) is 1.91. The molecular weight excluding hydrogens is 226 g/mol. The summed E-state index contributed by atoms with van der Waals surface area (Å²) < 4.78 is 0. The molecule has 0 radical (unpaired) electrons. The summed E-state index contributed by atoms with van der Waals surface area (Å²) in [5, 5.41) is 9.91. The van der Waals surface area contributed by atoms with Crippen LogP contribution in [0.4, 0.5) is 0 Å². The summed E-state index contributed by atoms with van der Waals surface area (Å²) in [5.74, 6) is 0.532. The molecule has 1 aromatic rings. The minimum absolute atomic E-state index is 0.359. The van der Waals surface area contributed by atoms with Gasteiger partial charge < -0.3 is 15.7 Å². The number of aliphatic imine (C=N–C) groups is 1. The Bertz CT molecular complexity index is 401. The fourth-order valence-corrected chi connectivity index (χ4v) is 1.91. The lowest BCUT2D eigenvalue weighted by atomic mass is 10.1. The lowest BCUT2D eigenvalue weighted by Gasteiger charge is -2.17. The molecule has 1 aromatic carbocycles. The molecule has 0 spiro atoms. The lowest BCUT2D eigenvalue weighted by molar-refractivity contribution is 0.183. The first-order valence-electron chi connectivity index (χ1n) is 6.41. The van der Waals surface area contributed by atoms with E-state index in [0.717, 1.165) is 5.56 Å². The van der Waals surface area contributed by atoms with Crippen LogP contribution in [0, 0.1) is 0 Å². The van der Waals surface area contributed by atoms with E-state index in [-0.39, 0.29) is 0 Å². The topological polar surface area (TPSA) is 61.8 Å². The molecule has 1 atom stereocenters. The smallest absolute Gasteiger partial charge is 0.191 e. The van der Waals surface area contributed by atoms with Crippen LogP contribution in [0.1, 0.15) is 18.4 Å². The van der Waals surface area contributed by atoms with Gasteiger partial charge in [0.25, 0.3) is 0 Å². The number of nitrogens with two attached hydrogens (primary N) is 1. The molecule has 1 unspecified atom stereocenters. The Kier molecular flexibility index (Phi) is 4.20. The van der Waals surface area contributed by atoms with E-state index in [1.165, 1.54) is 12.8 Å². The van der Waals surface area contributed by atoms with Gasteiger partial charge in [-0.2, -0.15) is 0 Å². The van der Waals surface area contributed by atoms with E-state index in [0.29, 0.717) is 25.0 Å². The molecule has 0 bridgehead atoms. The Hall–Kier alpha value is -1.55. The zero-order chi connectivity index (χ0) is 13.0. The lowest BCUT2D eigenvalue weighted by Crippen LogP contribution is -2.36. The molecule has 1 aliphatic carbocycles. The summed E-state index contributed by atoms with van der Waals surface area (Å²) in [6.45, 7) is 0.359. The van der Waals surface area contributed by atoms with Crippen LogP contribution in [-0.4, -0.2) is 41.7 Å². The molecule has 18 heavy (non-hydrogen) atoms. The van der Waals surface area contributed by atoms with Gasteiger partial charge >= 0.3 is 0 Å². The van der Waals surface area contributed by atoms with Crippen LogP contribution in [0.15, 0.2) is 35.3 Å². The van der Waals surface area contributed by atoms with Gasteiger partial charge in [-0.25, -0.2) is 0 Å². The average Bonchev–Trinajstić information content (AvgIpc) is 3.20. The van der Waals surface area contributed by atoms with Crippen molar-refractivity contribution in [3.8, 4) is 0 Å². The van der Waals surface area contributed by atoms with Crippen LogP contribution in [0.2, 0.25) is 0 Å². The number of rotatable bonds is 5. The third kappa shape index (κ3) is 3.74. The molecule has 0 amide bonds. The fraction of sp³-hybridized carbons (Fsp3) is 0.500. The molecule has 3 N–H and O–H groups in total. The Balaban J connectivity index is 1.80. The number of guanidine groups is 1. The van der Waals surface area contributed by atoms with Crippen molar-refractivity contribution in [1.82, 2.24) is 4.90 Å². The molecular formula is C14H21N3O. The Morgan fingerprint density at radius 1 is 1.44 bits per heavy atom. The molecule has 1 saturated carbocycles. The van der Waals surface area contributed by atoms with E-state index in [1.807, 2.05) is 42.3 Å². The van der Waals surface area contributed by atoms with Gasteiger partial charge in [0.2, 0.25) is 0 Å². The van der Waals surface area contributed by atoms with Crippen molar-refractivity contribution in [3.05, 3.63) is 35.9 Å². The van der Waals surface area contributed by atoms with Crippen molar-refractivity contribution in [2.24, 2.45) is 10.7 Å². The van der Waals surface area contributed by atoms with Crippen molar-refractivity contribution < 1.29 is 5.11 Å². The SMILES string of the molecule is CN(C(N)=NCC(O)Cc1ccccc1)C1CC1. The first-order valence-corrected chi connectivity index (χ1v) is 6.41. The van der Waals surface area contributed by atoms with E-state index in [1.54, 1.807) is 0 Å². The van der Waals surface area contributed by atoms with Gasteiger partial charge in [0.1, 0.15) is 0 Å².